The molecule has 1 fully saturated rings. The van der Waals surface area contributed by atoms with Crippen LogP contribution >= 0.6 is 11.3 Å². The fourth-order valence-electron chi connectivity index (χ4n) is 3.88. The van der Waals surface area contributed by atoms with Crippen LogP contribution in [0.2, 0.25) is 0 Å². The van der Waals surface area contributed by atoms with Crippen molar-refractivity contribution in [2.24, 2.45) is 0 Å². The summed E-state index contributed by atoms with van der Waals surface area (Å²) in [6.07, 6.45) is 7.25. The van der Waals surface area contributed by atoms with E-state index in [1.54, 1.807) is 23.5 Å². The molecule has 4 heterocycles. The maximum Gasteiger partial charge on any atom is 0.225 e. The van der Waals surface area contributed by atoms with Gasteiger partial charge in [0.1, 0.15) is 12.9 Å². The van der Waals surface area contributed by atoms with Gasteiger partial charge in [-0.25, -0.2) is 24.0 Å². The van der Waals surface area contributed by atoms with Crippen LogP contribution in [0.15, 0.2) is 42.3 Å². The predicted octanol–water partition coefficient (Wildman–Crippen LogP) is 4.13. The standard InChI is InChI=1S/C23H25FN8OS/c1-15(2)17-10-25-23(26-11-17)31-7-5-16(6-8-31)22-28-18(13-34-22)12-33-21-4-3-19(9-20(21)24)32-14-27-29-30-32/h3-4,9-11,13-16H,5-8,12H2,1-2H3. The second kappa shape index (κ2) is 9.80. The minimum atomic E-state index is -0.473. The molecule has 0 saturated carbocycles. The van der Waals surface area contributed by atoms with E-state index >= 15 is 0 Å². The lowest BCUT2D eigenvalue weighted by molar-refractivity contribution is 0.286. The van der Waals surface area contributed by atoms with E-state index in [9.17, 15) is 4.39 Å². The summed E-state index contributed by atoms with van der Waals surface area (Å²) in [4.78, 5) is 16.1. The van der Waals surface area contributed by atoms with Gasteiger partial charge in [-0.15, -0.1) is 16.4 Å². The van der Waals surface area contributed by atoms with Crippen molar-refractivity contribution < 1.29 is 9.13 Å². The molecule has 11 heteroatoms. The summed E-state index contributed by atoms with van der Waals surface area (Å²) in [6.45, 7) is 6.29. The number of benzene rings is 1. The Hall–Kier alpha value is -3.47. The van der Waals surface area contributed by atoms with E-state index in [-0.39, 0.29) is 12.4 Å². The van der Waals surface area contributed by atoms with Gasteiger partial charge in [-0.2, -0.15) is 0 Å². The number of nitrogens with zero attached hydrogens (tertiary/aromatic N) is 8. The molecule has 1 aromatic carbocycles. The van der Waals surface area contributed by atoms with Crippen molar-refractivity contribution in [3.05, 3.63) is 64.4 Å². The van der Waals surface area contributed by atoms with Gasteiger partial charge in [0.25, 0.3) is 0 Å². The van der Waals surface area contributed by atoms with Gasteiger partial charge in [-0.05, 0) is 46.9 Å². The quantitative estimate of drug-likeness (QED) is 0.390. The van der Waals surface area contributed by atoms with Gasteiger partial charge >= 0.3 is 0 Å². The summed E-state index contributed by atoms with van der Waals surface area (Å²) >= 11 is 1.64. The summed E-state index contributed by atoms with van der Waals surface area (Å²) in [5, 5.41) is 14.0. The Morgan fingerprint density at radius 3 is 2.65 bits per heavy atom. The molecule has 0 aliphatic carbocycles. The molecule has 0 spiro atoms. The maximum absolute atomic E-state index is 14.4. The van der Waals surface area contributed by atoms with E-state index in [2.05, 4.69) is 44.2 Å². The van der Waals surface area contributed by atoms with Crippen LogP contribution in [0, 0.1) is 5.82 Å². The number of rotatable bonds is 7. The molecule has 0 radical (unpaired) electrons. The molecule has 34 heavy (non-hydrogen) atoms. The van der Waals surface area contributed by atoms with Crippen LogP contribution in [0.1, 0.15) is 54.8 Å². The van der Waals surface area contributed by atoms with Gasteiger partial charge in [-0.1, -0.05) is 13.8 Å². The first-order chi connectivity index (χ1) is 16.6. The van der Waals surface area contributed by atoms with Crippen molar-refractivity contribution in [3.63, 3.8) is 0 Å². The SMILES string of the molecule is CC(C)c1cnc(N2CCC(c3nc(COc4ccc(-n5cnnn5)cc4F)cs3)CC2)nc1. The molecular weight excluding hydrogens is 455 g/mol. The molecule has 0 amide bonds. The molecule has 1 aliphatic rings. The molecular formula is C23H25FN8OS. The molecule has 3 aromatic heterocycles. The molecule has 0 unspecified atom stereocenters. The highest BCUT2D eigenvalue weighted by atomic mass is 32.1. The van der Waals surface area contributed by atoms with E-state index in [1.165, 1.54) is 17.1 Å². The van der Waals surface area contributed by atoms with Crippen molar-refractivity contribution >= 4 is 17.3 Å². The Morgan fingerprint density at radius 2 is 1.97 bits per heavy atom. The van der Waals surface area contributed by atoms with Crippen molar-refractivity contribution in [2.45, 2.75) is 45.1 Å². The summed E-state index contributed by atoms with van der Waals surface area (Å²) in [5.41, 5.74) is 2.48. The lowest BCUT2D eigenvalue weighted by Crippen LogP contribution is -2.34. The van der Waals surface area contributed by atoms with Gasteiger partial charge < -0.3 is 9.64 Å². The summed E-state index contributed by atoms with van der Waals surface area (Å²) < 4.78 is 21.5. The highest BCUT2D eigenvalue weighted by molar-refractivity contribution is 7.09. The van der Waals surface area contributed by atoms with Crippen LogP contribution in [0.4, 0.5) is 10.3 Å². The minimum absolute atomic E-state index is 0.170. The van der Waals surface area contributed by atoms with Crippen LogP contribution in [0.5, 0.6) is 5.75 Å². The zero-order valence-electron chi connectivity index (χ0n) is 19.0. The number of hydrogen-bond donors (Lipinski definition) is 0. The molecule has 9 nitrogen and oxygen atoms in total. The molecule has 0 N–H and O–H groups in total. The third-order valence-electron chi connectivity index (χ3n) is 5.93. The maximum atomic E-state index is 14.4. The average Bonchev–Trinajstić information content (AvgIpc) is 3.56. The Kier molecular flexibility index (Phi) is 6.43. The van der Waals surface area contributed by atoms with E-state index < -0.39 is 5.82 Å². The monoisotopic (exact) mass is 480 g/mol. The summed E-state index contributed by atoms with van der Waals surface area (Å²) in [7, 11) is 0. The highest BCUT2D eigenvalue weighted by Gasteiger charge is 2.24. The van der Waals surface area contributed by atoms with Crippen molar-refractivity contribution in [1.29, 1.82) is 0 Å². The van der Waals surface area contributed by atoms with Crippen molar-refractivity contribution in [2.75, 3.05) is 18.0 Å². The number of anilines is 1. The molecule has 176 valence electrons. The first kappa shape index (κ1) is 22.3. The molecule has 5 rings (SSSR count). The number of thiazole rings is 1. The number of aromatic nitrogens is 7. The van der Waals surface area contributed by atoms with Gasteiger partial charge in [0.2, 0.25) is 5.95 Å². The molecule has 4 aromatic rings. The highest BCUT2D eigenvalue weighted by Crippen LogP contribution is 2.32. The Bertz CT molecular complexity index is 1220. The molecule has 1 aliphatic heterocycles. The van der Waals surface area contributed by atoms with E-state index in [4.69, 9.17) is 9.72 Å². The van der Waals surface area contributed by atoms with Crippen LogP contribution in [-0.4, -0.2) is 48.2 Å². The van der Waals surface area contributed by atoms with E-state index in [0.717, 1.165) is 48.1 Å². The normalized spacial score (nSPS) is 14.6. The fourth-order valence-corrected chi connectivity index (χ4v) is 4.85. The zero-order chi connectivity index (χ0) is 23.5. The second-order valence-corrected chi connectivity index (χ2v) is 9.46. The van der Waals surface area contributed by atoms with Gasteiger partial charge in [0, 0.05) is 42.8 Å². The number of tetrazole rings is 1. The summed E-state index contributed by atoms with van der Waals surface area (Å²) in [6, 6.07) is 4.62. The largest absolute Gasteiger partial charge is 0.484 e. The molecule has 0 atom stereocenters. The smallest absolute Gasteiger partial charge is 0.225 e. The third-order valence-corrected chi connectivity index (χ3v) is 6.98. The minimum Gasteiger partial charge on any atom is -0.484 e. The Balaban J connectivity index is 1.15. The molecule has 1 saturated heterocycles. The predicted molar refractivity (Wildman–Crippen MR) is 126 cm³/mol. The van der Waals surface area contributed by atoms with E-state index in [0.29, 0.717) is 17.5 Å². The lowest BCUT2D eigenvalue weighted by Gasteiger charge is -2.31. The molecule has 0 bridgehead atoms. The zero-order valence-corrected chi connectivity index (χ0v) is 19.8. The number of hydrogen-bond acceptors (Lipinski definition) is 9. The number of ether oxygens (including phenoxy) is 1. The number of halogens is 1. The summed E-state index contributed by atoms with van der Waals surface area (Å²) in [5.74, 6) is 1.32. The van der Waals surface area contributed by atoms with Crippen molar-refractivity contribution in [1.82, 2.24) is 35.2 Å². The first-order valence-electron chi connectivity index (χ1n) is 11.2. The van der Waals surface area contributed by atoms with Crippen LogP contribution in [0.3, 0.4) is 0 Å². The van der Waals surface area contributed by atoms with Crippen LogP contribution in [0.25, 0.3) is 5.69 Å². The topological polar surface area (TPSA) is 94.7 Å². The fraction of sp³-hybridized carbons (Fsp3) is 0.391. The van der Waals surface area contributed by atoms with Gasteiger partial charge in [-0.3, -0.25) is 0 Å². The second-order valence-electron chi connectivity index (χ2n) is 8.57. The van der Waals surface area contributed by atoms with Gasteiger partial charge in [0.15, 0.2) is 11.6 Å². The first-order valence-corrected chi connectivity index (χ1v) is 12.1. The average molecular weight is 481 g/mol. The lowest BCUT2D eigenvalue weighted by atomic mass is 9.98. The Morgan fingerprint density at radius 1 is 1.18 bits per heavy atom. The number of piperidine rings is 1. The van der Waals surface area contributed by atoms with Crippen LogP contribution < -0.4 is 9.64 Å². The Labute approximate surface area is 200 Å². The van der Waals surface area contributed by atoms with Gasteiger partial charge in [0.05, 0.1) is 16.4 Å². The third kappa shape index (κ3) is 4.89. The van der Waals surface area contributed by atoms with Crippen molar-refractivity contribution in [3.8, 4) is 11.4 Å². The van der Waals surface area contributed by atoms with Crippen LogP contribution in [-0.2, 0) is 6.61 Å². The van der Waals surface area contributed by atoms with E-state index in [1.807, 2.05) is 17.8 Å².